The molecule has 3 aromatic rings. The third-order valence-corrected chi connectivity index (χ3v) is 10.8. The lowest BCUT2D eigenvalue weighted by molar-refractivity contribution is -0.147. The van der Waals surface area contributed by atoms with E-state index in [1.165, 1.54) is 33.1 Å². The molecule has 3 N–H and O–H groups in total. The van der Waals surface area contributed by atoms with Gasteiger partial charge in [0.1, 0.15) is 42.6 Å². The first-order valence-corrected chi connectivity index (χ1v) is 18.2. The second-order valence-corrected chi connectivity index (χ2v) is 14.3. The molecule has 3 aliphatic rings. The van der Waals surface area contributed by atoms with E-state index in [4.69, 9.17) is 4.74 Å². The van der Waals surface area contributed by atoms with Gasteiger partial charge in [-0.15, -0.1) is 11.3 Å². The number of ether oxygens (including phenoxy) is 1. The highest BCUT2D eigenvalue weighted by Crippen LogP contribution is 2.24. The van der Waals surface area contributed by atoms with Crippen LogP contribution in [0.3, 0.4) is 0 Å². The summed E-state index contributed by atoms with van der Waals surface area (Å²) in [6.45, 7) is 1.54. The molecule has 3 aliphatic heterocycles. The number of amides is 5. The average molecular weight is 717 g/mol. The molecular weight excluding hydrogens is 673 g/mol. The molecule has 2 aromatic carbocycles. The molecule has 3 saturated heterocycles. The maximum Gasteiger partial charge on any atom is 0.273 e. The zero-order chi connectivity index (χ0) is 36.1. The average Bonchev–Trinajstić information content (AvgIpc) is 3.82. The highest BCUT2D eigenvalue weighted by Gasteiger charge is 2.42. The normalized spacial score (nSPS) is 26.7. The smallest absolute Gasteiger partial charge is 0.273 e. The monoisotopic (exact) mass is 716 g/mol. The first-order valence-electron chi connectivity index (χ1n) is 17.4. The molecule has 6 rings (SSSR count). The number of nitrogens with zero attached hydrogens (tertiary/aromatic N) is 4. The van der Waals surface area contributed by atoms with E-state index in [-0.39, 0.29) is 31.8 Å². The standard InChI is InChI=1S/C37H44N6O7S/c1-23-34(46)40-27(18-24-10-5-3-6-11-24)35(47)39-26-15-17-50-30(33(26)45)20-42(21-32(44)43-16-9-14-29(43)37(49)41(23)2)36(48)28-22-51-31(38-28)19-25-12-7-4-8-13-25/h3-8,10-13,22-23,26-27,29-30,33,45H,9,14-21H2,1-2H3,(H,39,47)(H,40,46)/t23-,26-,27-,29-,30+,33-/m0/s1. The SMILES string of the molecule is C[C@H]1C(=O)N[C@@H](Cc2ccccc2)C(=O)N[C@H]2CCO[C@H](CN(C(=O)c3csc(Cc4ccccc4)n3)CC(=O)N3CCC[C@H]3C(=O)N1C)[C@H]2O. The number of benzene rings is 2. The van der Waals surface area contributed by atoms with Gasteiger partial charge in [-0.05, 0) is 37.3 Å². The summed E-state index contributed by atoms with van der Waals surface area (Å²) in [6.07, 6.45) is -0.188. The van der Waals surface area contributed by atoms with E-state index in [1.807, 2.05) is 60.7 Å². The van der Waals surface area contributed by atoms with Crippen LogP contribution in [0.15, 0.2) is 66.0 Å². The van der Waals surface area contributed by atoms with Crippen molar-refractivity contribution in [2.45, 2.75) is 75.4 Å². The van der Waals surface area contributed by atoms with Crippen LogP contribution in [-0.4, -0.2) is 124 Å². The van der Waals surface area contributed by atoms with Crippen molar-refractivity contribution in [3.63, 3.8) is 0 Å². The fraction of sp³-hybridized carbons (Fsp3) is 0.459. The summed E-state index contributed by atoms with van der Waals surface area (Å²) in [5, 5.41) is 19.7. The van der Waals surface area contributed by atoms with Crippen LogP contribution in [0.4, 0.5) is 0 Å². The van der Waals surface area contributed by atoms with Crippen LogP contribution in [0.2, 0.25) is 0 Å². The Hall–Kier alpha value is -4.66. The topological polar surface area (TPSA) is 161 Å². The van der Waals surface area contributed by atoms with Gasteiger partial charge in [0.2, 0.25) is 23.6 Å². The number of thiazole rings is 1. The number of aromatic nitrogens is 1. The van der Waals surface area contributed by atoms with Crippen molar-refractivity contribution < 1.29 is 33.8 Å². The predicted octanol–water partition coefficient (Wildman–Crippen LogP) is 1.39. The molecule has 51 heavy (non-hydrogen) atoms. The minimum absolute atomic E-state index is 0.156. The largest absolute Gasteiger partial charge is 0.388 e. The molecule has 0 aliphatic carbocycles. The number of aliphatic hydroxyl groups is 1. The molecule has 4 heterocycles. The van der Waals surface area contributed by atoms with Crippen LogP contribution in [0.5, 0.6) is 0 Å². The van der Waals surface area contributed by atoms with Crippen LogP contribution in [0.1, 0.15) is 52.8 Å². The summed E-state index contributed by atoms with van der Waals surface area (Å²) < 4.78 is 5.96. The molecule has 13 nitrogen and oxygen atoms in total. The summed E-state index contributed by atoms with van der Waals surface area (Å²) >= 11 is 1.34. The van der Waals surface area contributed by atoms with Crippen molar-refractivity contribution in [1.82, 2.24) is 30.3 Å². The Morgan fingerprint density at radius 2 is 1.69 bits per heavy atom. The molecule has 2 bridgehead atoms. The van der Waals surface area contributed by atoms with Crippen molar-refractivity contribution >= 4 is 40.9 Å². The summed E-state index contributed by atoms with van der Waals surface area (Å²) in [5.41, 5.74) is 2.02. The lowest BCUT2D eigenvalue weighted by atomic mass is 9.97. The Balaban J connectivity index is 1.30. The van der Waals surface area contributed by atoms with Gasteiger partial charge in [-0.1, -0.05) is 60.7 Å². The number of carbonyl (C=O) groups is 5. The molecule has 14 heteroatoms. The molecule has 3 fully saturated rings. The van der Waals surface area contributed by atoms with Gasteiger partial charge in [-0.2, -0.15) is 0 Å². The van der Waals surface area contributed by atoms with Gasteiger partial charge in [-0.3, -0.25) is 24.0 Å². The van der Waals surface area contributed by atoms with E-state index in [0.717, 1.165) is 16.1 Å². The molecule has 270 valence electrons. The number of nitrogens with one attached hydrogen (secondary N) is 2. The molecule has 0 spiro atoms. The fourth-order valence-electron chi connectivity index (χ4n) is 6.86. The Bertz CT molecular complexity index is 1720. The number of likely N-dealkylation sites (N-methyl/N-ethyl adjacent to an activating group) is 1. The fourth-order valence-corrected chi connectivity index (χ4v) is 7.67. The Labute approximate surface area is 301 Å². The number of rotatable bonds is 5. The first-order chi connectivity index (χ1) is 24.6. The number of hydrogen-bond acceptors (Lipinski definition) is 9. The van der Waals surface area contributed by atoms with Crippen molar-refractivity contribution in [3.8, 4) is 0 Å². The highest BCUT2D eigenvalue weighted by molar-refractivity contribution is 7.09. The molecular formula is C37H44N6O7S. The van der Waals surface area contributed by atoms with Gasteiger partial charge >= 0.3 is 0 Å². The van der Waals surface area contributed by atoms with Gasteiger partial charge < -0.3 is 35.2 Å². The van der Waals surface area contributed by atoms with E-state index < -0.39 is 65.9 Å². The van der Waals surface area contributed by atoms with Crippen LogP contribution in [-0.2, 0) is 36.8 Å². The van der Waals surface area contributed by atoms with Gasteiger partial charge in [0.05, 0.1) is 17.6 Å². The zero-order valence-electron chi connectivity index (χ0n) is 28.8. The van der Waals surface area contributed by atoms with Crippen molar-refractivity contribution in [1.29, 1.82) is 0 Å². The van der Waals surface area contributed by atoms with Gasteiger partial charge in [0.25, 0.3) is 5.91 Å². The third-order valence-electron chi connectivity index (χ3n) is 9.95. The van der Waals surface area contributed by atoms with Crippen molar-refractivity contribution in [3.05, 3.63) is 87.9 Å². The Morgan fingerprint density at radius 3 is 2.41 bits per heavy atom. The van der Waals surface area contributed by atoms with Crippen LogP contribution >= 0.6 is 11.3 Å². The van der Waals surface area contributed by atoms with E-state index in [1.54, 1.807) is 12.3 Å². The molecule has 1 aromatic heterocycles. The quantitative estimate of drug-likeness (QED) is 0.357. The first kappa shape index (κ1) is 36.1. The Kier molecular flexibility index (Phi) is 11.4. The minimum Gasteiger partial charge on any atom is -0.388 e. The molecule has 0 radical (unpaired) electrons. The lowest BCUT2D eigenvalue weighted by Gasteiger charge is -2.38. The zero-order valence-corrected chi connectivity index (χ0v) is 29.6. The maximum atomic E-state index is 14.1. The maximum absolute atomic E-state index is 14.1. The molecule has 6 atom stereocenters. The molecule has 0 saturated carbocycles. The van der Waals surface area contributed by atoms with Gasteiger partial charge in [0.15, 0.2) is 0 Å². The summed E-state index contributed by atoms with van der Waals surface area (Å²) in [6, 6.07) is 15.5. The highest BCUT2D eigenvalue weighted by atomic mass is 32.1. The minimum atomic E-state index is -1.23. The van der Waals surface area contributed by atoms with E-state index in [9.17, 15) is 29.1 Å². The number of hydrogen-bond donors (Lipinski definition) is 3. The lowest BCUT2D eigenvalue weighted by Crippen LogP contribution is -2.60. The van der Waals surface area contributed by atoms with Crippen LogP contribution in [0, 0.1) is 0 Å². The van der Waals surface area contributed by atoms with Gasteiger partial charge in [-0.25, -0.2) is 4.98 Å². The van der Waals surface area contributed by atoms with Crippen LogP contribution < -0.4 is 10.6 Å². The van der Waals surface area contributed by atoms with E-state index in [0.29, 0.717) is 32.2 Å². The van der Waals surface area contributed by atoms with E-state index >= 15 is 0 Å². The molecule has 0 unspecified atom stereocenters. The number of carbonyl (C=O) groups excluding carboxylic acids is 5. The summed E-state index contributed by atoms with van der Waals surface area (Å²) in [7, 11) is 1.51. The number of aliphatic hydroxyl groups excluding tert-OH is 1. The summed E-state index contributed by atoms with van der Waals surface area (Å²) in [5.74, 6) is -2.38. The van der Waals surface area contributed by atoms with Crippen molar-refractivity contribution in [2.24, 2.45) is 0 Å². The molecule has 5 amide bonds. The number of fused-ring (bicyclic) bond motifs is 3. The van der Waals surface area contributed by atoms with E-state index in [2.05, 4.69) is 15.6 Å². The third kappa shape index (κ3) is 8.46. The van der Waals surface area contributed by atoms with Gasteiger partial charge in [0, 0.05) is 38.4 Å². The van der Waals surface area contributed by atoms with Crippen LogP contribution in [0.25, 0.3) is 0 Å². The Morgan fingerprint density at radius 1 is 0.980 bits per heavy atom. The summed E-state index contributed by atoms with van der Waals surface area (Å²) in [4.78, 5) is 77.9. The second kappa shape index (κ2) is 16.1. The predicted molar refractivity (Wildman–Crippen MR) is 189 cm³/mol. The second-order valence-electron chi connectivity index (χ2n) is 13.4. The van der Waals surface area contributed by atoms with Crippen molar-refractivity contribution in [2.75, 3.05) is 33.3 Å².